The smallest absolute Gasteiger partial charge is 0.223 e. The van der Waals surface area contributed by atoms with Crippen LogP contribution >= 0.6 is 11.6 Å². The van der Waals surface area contributed by atoms with Gasteiger partial charge in [-0.05, 0) is 44.0 Å². The number of aryl methyl sites for hydroxylation is 1. The van der Waals surface area contributed by atoms with Crippen LogP contribution < -0.4 is 4.90 Å². The molecule has 4 rings (SSSR count). The van der Waals surface area contributed by atoms with E-state index in [-0.39, 0.29) is 17.6 Å². The van der Waals surface area contributed by atoms with Crippen LogP contribution in [0.2, 0.25) is 0 Å². The van der Waals surface area contributed by atoms with Crippen LogP contribution in [0.5, 0.6) is 0 Å². The number of carbonyl (C=O) groups excluding carboxylic acids is 1. The lowest BCUT2D eigenvalue weighted by atomic mass is 10.1. The summed E-state index contributed by atoms with van der Waals surface area (Å²) >= 11 is 5.79. The van der Waals surface area contributed by atoms with Gasteiger partial charge in [-0.25, -0.2) is 19.0 Å². The van der Waals surface area contributed by atoms with Gasteiger partial charge in [0.25, 0.3) is 0 Å². The highest BCUT2D eigenvalue weighted by molar-refractivity contribution is 6.18. The minimum absolute atomic E-state index is 0.0993. The minimum Gasteiger partial charge on any atom is -0.354 e. The van der Waals surface area contributed by atoms with E-state index in [9.17, 15) is 9.18 Å². The third-order valence-electron chi connectivity index (χ3n) is 6.39. The van der Waals surface area contributed by atoms with Crippen LogP contribution in [0.3, 0.4) is 0 Å². The number of aromatic nitrogens is 4. The molecule has 1 amide bonds. The lowest BCUT2D eigenvalue weighted by Crippen LogP contribution is -2.35. The van der Waals surface area contributed by atoms with E-state index in [0.29, 0.717) is 31.9 Å². The molecule has 0 saturated carbocycles. The Morgan fingerprint density at radius 2 is 1.91 bits per heavy atom. The first-order valence-corrected chi connectivity index (χ1v) is 12.6. The third-order valence-corrected chi connectivity index (χ3v) is 6.58. The Hall–Kier alpha value is -2.74. The van der Waals surface area contributed by atoms with Crippen molar-refractivity contribution in [2.45, 2.75) is 52.4 Å². The van der Waals surface area contributed by atoms with Crippen molar-refractivity contribution in [3.8, 4) is 5.69 Å². The lowest BCUT2D eigenvalue weighted by Gasteiger charge is -2.24. The van der Waals surface area contributed by atoms with Crippen molar-refractivity contribution in [1.29, 1.82) is 0 Å². The van der Waals surface area contributed by atoms with Gasteiger partial charge in [-0.15, -0.1) is 11.6 Å². The van der Waals surface area contributed by atoms with Crippen molar-refractivity contribution < 1.29 is 9.18 Å². The number of nitrogens with zero attached hydrogens (tertiary/aromatic N) is 6. The molecule has 9 heteroatoms. The molecule has 3 aromatic rings. The van der Waals surface area contributed by atoms with Crippen molar-refractivity contribution in [3.63, 3.8) is 0 Å². The summed E-state index contributed by atoms with van der Waals surface area (Å²) in [6.45, 7) is 9.08. The fourth-order valence-electron chi connectivity index (χ4n) is 4.57. The molecule has 7 nitrogen and oxygen atoms in total. The second-order valence-electron chi connectivity index (χ2n) is 8.93. The fourth-order valence-corrected chi connectivity index (χ4v) is 4.73. The molecule has 0 N–H and O–H groups in total. The zero-order chi connectivity index (χ0) is 24.2. The van der Waals surface area contributed by atoms with Crippen LogP contribution in [0.25, 0.3) is 16.7 Å². The number of rotatable bonds is 7. The number of anilines is 1. The standard InChI is InChI=1S/C25H32ClFN6O/c1-4-6-17(2)23-28-24(32-14-5-13-31(15-16-32)21(34)11-12-26)22-18(3)30-33(25(22)29-23)20-9-7-19(27)8-10-20/h7-10,17H,4-6,11-16H2,1-3H3/t17-/m0/s1. The summed E-state index contributed by atoms with van der Waals surface area (Å²) in [7, 11) is 0. The molecule has 0 spiro atoms. The second-order valence-corrected chi connectivity index (χ2v) is 9.31. The van der Waals surface area contributed by atoms with E-state index in [1.54, 1.807) is 16.8 Å². The summed E-state index contributed by atoms with van der Waals surface area (Å²) in [4.78, 5) is 26.6. The summed E-state index contributed by atoms with van der Waals surface area (Å²) < 4.78 is 15.3. The van der Waals surface area contributed by atoms with Gasteiger partial charge in [-0.1, -0.05) is 20.3 Å². The number of hydrogen-bond acceptors (Lipinski definition) is 5. The summed E-state index contributed by atoms with van der Waals surface area (Å²) in [6, 6.07) is 6.29. The van der Waals surface area contributed by atoms with Crippen molar-refractivity contribution in [2.75, 3.05) is 37.0 Å². The molecular weight excluding hydrogens is 455 g/mol. The number of alkyl halides is 1. The Morgan fingerprint density at radius 3 is 2.62 bits per heavy atom. The van der Waals surface area contributed by atoms with Crippen LogP contribution in [0.1, 0.15) is 57.0 Å². The van der Waals surface area contributed by atoms with Gasteiger partial charge in [0.1, 0.15) is 17.5 Å². The van der Waals surface area contributed by atoms with E-state index in [2.05, 4.69) is 18.7 Å². The molecule has 34 heavy (non-hydrogen) atoms. The van der Waals surface area contributed by atoms with Gasteiger partial charge in [0.05, 0.1) is 16.8 Å². The van der Waals surface area contributed by atoms with E-state index in [1.807, 2.05) is 11.8 Å². The number of hydrogen-bond donors (Lipinski definition) is 0. The zero-order valence-corrected chi connectivity index (χ0v) is 20.9. The molecule has 1 aliphatic rings. The molecule has 1 saturated heterocycles. The molecule has 1 atom stereocenters. The maximum atomic E-state index is 13.6. The van der Waals surface area contributed by atoms with E-state index in [1.165, 1.54) is 12.1 Å². The SMILES string of the molecule is CCC[C@H](C)c1nc(N2CCCN(C(=O)CCCl)CC2)c2c(C)nn(-c3ccc(F)cc3)c2n1. The minimum atomic E-state index is -0.289. The maximum Gasteiger partial charge on any atom is 0.223 e. The van der Waals surface area contributed by atoms with E-state index in [4.69, 9.17) is 26.7 Å². The summed E-state index contributed by atoms with van der Waals surface area (Å²) in [6.07, 6.45) is 3.23. The fraction of sp³-hybridized carbons (Fsp3) is 0.520. The molecular formula is C25H32ClFN6O. The third kappa shape index (κ3) is 5.02. The van der Waals surface area contributed by atoms with Crippen molar-refractivity contribution in [2.24, 2.45) is 0 Å². The average molecular weight is 487 g/mol. The Bertz CT molecular complexity index is 1150. The number of halogens is 2. The zero-order valence-electron chi connectivity index (χ0n) is 20.1. The molecule has 0 unspecified atom stereocenters. The van der Waals surface area contributed by atoms with Gasteiger partial charge in [0, 0.05) is 44.4 Å². The number of benzene rings is 1. The molecule has 2 aromatic heterocycles. The highest BCUT2D eigenvalue weighted by Crippen LogP contribution is 2.32. The molecule has 1 aromatic carbocycles. The topological polar surface area (TPSA) is 67.2 Å². The predicted molar refractivity (Wildman–Crippen MR) is 133 cm³/mol. The van der Waals surface area contributed by atoms with Crippen molar-refractivity contribution in [1.82, 2.24) is 24.6 Å². The number of fused-ring (bicyclic) bond motifs is 1. The highest BCUT2D eigenvalue weighted by Gasteiger charge is 2.25. The quantitative estimate of drug-likeness (QED) is 0.447. The maximum absolute atomic E-state index is 13.6. The van der Waals surface area contributed by atoms with E-state index in [0.717, 1.165) is 59.9 Å². The predicted octanol–water partition coefficient (Wildman–Crippen LogP) is 4.83. The lowest BCUT2D eigenvalue weighted by molar-refractivity contribution is -0.130. The Labute approximate surface area is 204 Å². The van der Waals surface area contributed by atoms with Gasteiger partial charge in [0.2, 0.25) is 5.91 Å². The molecule has 3 heterocycles. The Morgan fingerprint density at radius 1 is 1.15 bits per heavy atom. The van der Waals surface area contributed by atoms with E-state index >= 15 is 0 Å². The van der Waals surface area contributed by atoms with Crippen LogP contribution in [0.15, 0.2) is 24.3 Å². The molecule has 182 valence electrons. The Kier molecular flexibility index (Phi) is 7.66. The summed E-state index contributed by atoms with van der Waals surface area (Å²) in [5.74, 6) is 1.99. The van der Waals surface area contributed by atoms with Gasteiger partial charge >= 0.3 is 0 Å². The second kappa shape index (κ2) is 10.7. The molecule has 0 bridgehead atoms. The van der Waals surface area contributed by atoms with Crippen LogP contribution in [-0.2, 0) is 4.79 Å². The van der Waals surface area contributed by atoms with Crippen LogP contribution in [0.4, 0.5) is 10.2 Å². The van der Waals surface area contributed by atoms with Gasteiger partial charge in [0.15, 0.2) is 5.65 Å². The molecule has 1 fully saturated rings. The highest BCUT2D eigenvalue weighted by atomic mass is 35.5. The van der Waals surface area contributed by atoms with Crippen molar-refractivity contribution in [3.05, 3.63) is 41.6 Å². The summed E-state index contributed by atoms with van der Waals surface area (Å²) in [5.41, 5.74) is 2.31. The van der Waals surface area contributed by atoms with Gasteiger partial charge in [-0.3, -0.25) is 4.79 Å². The number of carbonyl (C=O) groups is 1. The normalized spacial score (nSPS) is 15.6. The van der Waals surface area contributed by atoms with Crippen LogP contribution in [0, 0.1) is 12.7 Å². The average Bonchev–Trinajstić information content (AvgIpc) is 2.99. The first kappa shape index (κ1) is 24.4. The van der Waals surface area contributed by atoms with Crippen LogP contribution in [-0.4, -0.2) is 62.6 Å². The van der Waals surface area contributed by atoms with Crippen molar-refractivity contribution >= 4 is 34.4 Å². The molecule has 0 radical (unpaired) electrons. The van der Waals surface area contributed by atoms with Gasteiger partial charge in [-0.2, -0.15) is 5.10 Å². The largest absolute Gasteiger partial charge is 0.354 e. The van der Waals surface area contributed by atoms with E-state index < -0.39 is 0 Å². The number of amides is 1. The monoisotopic (exact) mass is 486 g/mol. The van der Waals surface area contributed by atoms with Gasteiger partial charge < -0.3 is 9.80 Å². The first-order valence-electron chi connectivity index (χ1n) is 12.0. The Balaban J connectivity index is 1.79. The first-order chi connectivity index (χ1) is 16.4. The molecule has 0 aliphatic carbocycles. The molecule has 1 aliphatic heterocycles. The summed E-state index contributed by atoms with van der Waals surface area (Å²) in [5, 5.41) is 5.67.